The van der Waals surface area contributed by atoms with Gasteiger partial charge in [-0.2, -0.15) is 5.10 Å². The van der Waals surface area contributed by atoms with E-state index in [9.17, 15) is 14.0 Å². The minimum atomic E-state index is -0.738. The summed E-state index contributed by atoms with van der Waals surface area (Å²) in [7, 11) is 0. The Labute approximate surface area is 225 Å². The van der Waals surface area contributed by atoms with E-state index < -0.39 is 23.8 Å². The second kappa shape index (κ2) is 13.3. The Morgan fingerprint density at radius 1 is 1.11 bits per heavy atom. The lowest BCUT2D eigenvalue weighted by Crippen LogP contribution is -2.37. The summed E-state index contributed by atoms with van der Waals surface area (Å²) < 4.78 is 26.4. The predicted octanol–water partition coefficient (Wildman–Crippen LogP) is 3.66. The number of benzene rings is 2. The molecule has 1 aliphatic heterocycles. The van der Waals surface area contributed by atoms with Crippen LogP contribution in [0.2, 0.25) is 5.02 Å². The first-order valence-corrected chi connectivity index (χ1v) is 12.5. The van der Waals surface area contributed by atoms with Crippen LogP contribution in [0.4, 0.5) is 4.39 Å². The molecule has 0 aliphatic carbocycles. The summed E-state index contributed by atoms with van der Waals surface area (Å²) in [6, 6.07) is 12.3. The zero-order valence-corrected chi connectivity index (χ0v) is 22.2. The van der Waals surface area contributed by atoms with Gasteiger partial charge in [-0.25, -0.2) is 13.9 Å². The Hall–Kier alpha value is -3.60. The second-order valence-electron chi connectivity index (χ2n) is 8.72. The summed E-state index contributed by atoms with van der Waals surface area (Å²) in [5.74, 6) is -1.70. The van der Waals surface area contributed by atoms with Gasteiger partial charge >= 0.3 is 11.9 Å². The zero-order chi connectivity index (χ0) is 27.8. The number of ether oxygens (including phenoxy) is 2. The molecule has 0 saturated carbocycles. The first-order chi connectivity index (χ1) is 18.2. The Balaban J connectivity index is 0.00000127. The fraction of sp³-hybridized carbons (Fsp3) is 0.333. The van der Waals surface area contributed by atoms with Crippen LogP contribution in [0.3, 0.4) is 0 Å². The quantitative estimate of drug-likeness (QED) is 0.343. The van der Waals surface area contributed by atoms with Gasteiger partial charge in [0, 0.05) is 16.1 Å². The van der Waals surface area contributed by atoms with Gasteiger partial charge in [0.15, 0.2) is 5.69 Å². The lowest BCUT2D eigenvalue weighted by atomic mass is 10.00. The molecular formula is C27H31ClFN5O4. The number of aromatic nitrogens is 2. The summed E-state index contributed by atoms with van der Waals surface area (Å²) >= 11 is 6.24. The van der Waals surface area contributed by atoms with E-state index in [1.165, 1.54) is 6.07 Å². The standard InChI is InChI=1S/C25H24ClFN4O4.C2H7N/c1-14(2)22(28)25(33)35-10-9-34-24(32)20-12-16-13-29-23(17-5-3-4-6-19(17)27)18-11-15(26)7-8-21(18)31(16)30-20;1-2-3/h3-8,11-12,14,22H,9-10,13,28H2,1-2H3;2-3H2,1H3. The second-order valence-corrected chi connectivity index (χ2v) is 9.16. The third-order valence-corrected chi connectivity index (χ3v) is 5.75. The molecule has 1 aromatic heterocycles. The normalized spacial score (nSPS) is 12.8. The molecule has 2 heterocycles. The molecule has 1 atom stereocenters. The largest absolute Gasteiger partial charge is 0.461 e. The van der Waals surface area contributed by atoms with E-state index >= 15 is 0 Å². The number of rotatable bonds is 7. The number of hydrogen-bond acceptors (Lipinski definition) is 8. The average molecular weight is 544 g/mol. The molecular weight excluding hydrogens is 513 g/mol. The number of hydrogen-bond donors (Lipinski definition) is 2. The van der Waals surface area contributed by atoms with Crippen molar-refractivity contribution < 1.29 is 23.5 Å². The number of halogens is 2. The van der Waals surface area contributed by atoms with Crippen LogP contribution in [0.15, 0.2) is 53.5 Å². The maximum Gasteiger partial charge on any atom is 0.358 e. The maximum atomic E-state index is 14.6. The summed E-state index contributed by atoms with van der Waals surface area (Å²) in [6.07, 6.45) is 0. The van der Waals surface area contributed by atoms with E-state index in [0.29, 0.717) is 33.2 Å². The number of nitrogens with zero attached hydrogens (tertiary/aromatic N) is 3. The maximum absolute atomic E-state index is 14.6. The van der Waals surface area contributed by atoms with Crippen LogP contribution in [0.5, 0.6) is 0 Å². The average Bonchev–Trinajstić information content (AvgIpc) is 3.25. The highest BCUT2D eigenvalue weighted by atomic mass is 35.5. The molecule has 4 N–H and O–H groups in total. The number of carbonyl (C=O) groups is 2. The van der Waals surface area contributed by atoms with Gasteiger partial charge in [0.25, 0.3) is 0 Å². The number of carbonyl (C=O) groups excluding carboxylic acids is 2. The van der Waals surface area contributed by atoms with Crippen LogP contribution >= 0.6 is 11.6 Å². The molecule has 11 heteroatoms. The van der Waals surface area contributed by atoms with Crippen molar-refractivity contribution in [3.8, 4) is 5.69 Å². The third kappa shape index (κ3) is 6.83. The van der Waals surface area contributed by atoms with Crippen molar-refractivity contribution in [3.63, 3.8) is 0 Å². The Bertz CT molecular complexity index is 1320. The Morgan fingerprint density at radius 2 is 1.79 bits per heavy atom. The Kier molecular flexibility index (Phi) is 10.1. The van der Waals surface area contributed by atoms with Crippen LogP contribution in [0, 0.1) is 11.7 Å². The molecule has 4 rings (SSSR count). The van der Waals surface area contributed by atoms with Gasteiger partial charge in [0.2, 0.25) is 0 Å². The molecule has 38 heavy (non-hydrogen) atoms. The molecule has 9 nitrogen and oxygen atoms in total. The SMILES string of the molecule is CC(C)C(N)C(=O)OCCOC(=O)c1cc2n(n1)-c1ccc(Cl)cc1C(c1ccccc1F)=NC2.CCN. The lowest BCUT2D eigenvalue weighted by Gasteiger charge is -2.14. The van der Waals surface area contributed by atoms with Gasteiger partial charge in [-0.3, -0.25) is 9.79 Å². The summed E-state index contributed by atoms with van der Waals surface area (Å²) in [5, 5.41) is 4.86. The minimum absolute atomic E-state index is 0.0645. The molecule has 2 aromatic carbocycles. The number of aliphatic imine (C=N–C) groups is 1. The molecule has 0 amide bonds. The lowest BCUT2D eigenvalue weighted by molar-refractivity contribution is -0.147. The topological polar surface area (TPSA) is 135 Å². The van der Waals surface area contributed by atoms with Crippen molar-refractivity contribution in [1.29, 1.82) is 0 Å². The van der Waals surface area contributed by atoms with Crippen molar-refractivity contribution in [2.24, 2.45) is 22.4 Å². The van der Waals surface area contributed by atoms with E-state index in [-0.39, 0.29) is 31.4 Å². The van der Waals surface area contributed by atoms with Crippen molar-refractivity contribution in [1.82, 2.24) is 9.78 Å². The van der Waals surface area contributed by atoms with Gasteiger partial charge in [-0.1, -0.05) is 44.5 Å². The third-order valence-electron chi connectivity index (χ3n) is 5.51. The van der Waals surface area contributed by atoms with Gasteiger partial charge in [0.1, 0.15) is 25.1 Å². The fourth-order valence-corrected chi connectivity index (χ4v) is 3.74. The summed E-state index contributed by atoms with van der Waals surface area (Å²) in [5.41, 5.74) is 13.2. The molecule has 0 radical (unpaired) electrons. The molecule has 1 aliphatic rings. The first-order valence-electron chi connectivity index (χ1n) is 12.2. The first kappa shape index (κ1) is 29.0. The smallest absolute Gasteiger partial charge is 0.358 e. The monoisotopic (exact) mass is 543 g/mol. The highest BCUT2D eigenvalue weighted by Gasteiger charge is 2.25. The van der Waals surface area contributed by atoms with Gasteiger partial charge in [0.05, 0.1) is 23.6 Å². The molecule has 0 bridgehead atoms. The number of fused-ring (bicyclic) bond motifs is 3. The summed E-state index contributed by atoms with van der Waals surface area (Å²) in [4.78, 5) is 29.0. The van der Waals surface area contributed by atoms with Crippen LogP contribution in [0.1, 0.15) is 48.1 Å². The van der Waals surface area contributed by atoms with E-state index in [1.807, 2.05) is 20.8 Å². The predicted molar refractivity (Wildman–Crippen MR) is 143 cm³/mol. The summed E-state index contributed by atoms with van der Waals surface area (Å²) in [6.45, 7) is 6.17. The van der Waals surface area contributed by atoms with Crippen LogP contribution < -0.4 is 11.5 Å². The van der Waals surface area contributed by atoms with E-state index in [2.05, 4.69) is 10.1 Å². The Morgan fingerprint density at radius 3 is 2.47 bits per heavy atom. The van der Waals surface area contributed by atoms with E-state index in [4.69, 9.17) is 32.5 Å². The van der Waals surface area contributed by atoms with Gasteiger partial charge in [-0.15, -0.1) is 0 Å². The highest BCUT2D eigenvalue weighted by molar-refractivity contribution is 6.31. The number of esters is 2. The van der Waals surface area contributed by atoms with Crippen LogP contribution in [-0.2, 0) is 20.8 Å². The fourth-order valence-electron chi connectivity index (χ4n) is 3.57. The van der Waals surface area contributed by atoms with E-state index in [1.54, 1.807) is 47.1 Å². The zero-order valence-electron chi connectivity index (χ0n) is 21.5. The van der Waals surface area contributed by atoms with Gasteiger partial charge in [-0.05, 0) is 48.9 Å². The highest BCUT2D eigenvalue weighted by Crippen LogP contribution is 2.28. The van der Waals surface area contributed by atoms with E-state index in [0.717, 1.165) is 6.54 Å². The van der Waals surface area contributed by atoms with Crippen molar-refractivity contribution in [2.45, 2.75) is 33.4 Å². The van der Waals surface area contributed by atoms with Crippen molar-refractivity contribution in [2.75, 3.05) is 19.8 Å². The molecule has 0 saturated heterocycles. The van der Waals surface area contributed by atoms with Crippen molar-refractivity contribution in [3.05, 3.63) is 81.9 Å². The number of nitrogens with two attached hydrogens (primary N) is 2. The van der Waals surface area contributed by atoms with Crippen LogP contribution in [0.25, 0.3) is 5.69 Å². The van der Waals surface area contributed by atoms with Crippen molar-refractivity contribution >= 4 is 29.3 Å². The molecule has 202 valence electrons. The molecule has 0 spiro atoms. The molecule has 3 aromatic rings. The minimum Gasteiger partial charge on any atom is -0.461 e. The van der Waals surface area contributed by atoms with Crippen LogP contribution in [-0.4, -0.2) is 53.2 Å². The molecule has 1 unspecified atom stereocenters. The molecule has 0 fully saturated rings. The van der Waals surface area contributed by atoms with Gasteiger partial charge < -0.3 is 20.9 Å².